The minimum atomic E-state index is -3.93. The first kappa shape index (κ1) is 22.2. The standard InChI is InChI=1S/2C4H10.C3H6NO3PS/c2*1-4(2)3;4-2-1-3-9-8(5,6)7/h2*4H,1-3H3;1,3H2,(H2,5,6,7). The lowest BCUT2D eigenvalue weighted by atomic mass is 10.3. The van der Waals surface area contributed by atoms with Gasteiger partial charge in [-0.25, -0.2) is 4.57 Å². The van der Waals surface area contributed by atoms with E-state index in [2.05, 4.69) is 41.5 Å². The van der Waals surface area contributed by atoms with Crippen LogP contribution in [0.2, 0.25) is 0 Å². The van der Waals surface area contributed by atoms with Gasteiger partial charge in [0, 0.05) is 12.2 Å². The summed E-state index contributed by atoms with van der Waals surface area (Å²) in [7, 11) is 0. The van der Waals surface area contributed by atoms with Crippen LogP contribution in [0.5, 0.6) is 0 Å². The highest BCUT2D eigenvalue weighted by Crippen LogP contribution is 2.50. The Labute approximate surface area is 110 Å². The summed E-state index contributed by atoms with van der Waals surface area (Å²) < 4.78 is 10.1. The highest BCUT2D eigenvalue weighted by Gasteiger charge is 2.11. The summed E-state index contributed by atoms with van der Waals surface area (Å²) in [5, 5.41) is 7.95. The first-order valence-corrected chi connectivity index (χ1v) is 8.80. The van der Waals surface area contributed by atoms with Crippen LogP contribution >= 0.6 is 18.2 Å². The predicted octanol–water partition coefficient (Wildman–Crippen LogP) is 4.05. The van der Waals surface area contributed by atoms with Gasteiger partial charge in [0.2, 0.25) is 0 Å². The Morgan fingerprint density at radius 3 is 1.59 bits per heavy atom. The molecule has 0 amide bonds. The molecule has 0 aliphatic heterocycles. The average molecular weight is 283 g/mol. The average Bonchev–Trinajstić information content (AvgIpc) is 1.99. The fourth-order valence-electron chi connectivity index (χ4n) is 0.210. The van der Waals surface area contributed by atoms with E-state index in [9.17, 15) is 4.57 Å². The maximum atomic E-state index is 10.1. The van der Waals surface area contributed by atoms with Crippen LogP contribution in [0.25, 0.3) is 0 Å². The molecule has 0 radical (unpaired) electrons. The SMILES string of the molecule is CC(C)C.CC(C)C.N#CCCSP(=O)(O)O. The lowest BCUT2D eigenvalue weighted by Gasteiger charge is -1.97. The quantitative estimate of drug-likeness (QED) is 0.603. The Bertz CT molecular complexity index is 222. The largest absolute Gasteiger partial charge is 0.384 e. The fourth-order valence-corrected chi connectivity index (χ4v) is 1.62. The summed E-state index contributed by atoms with van der Waals surface area (Å²) in [6, 6.07) is 1.78. The van der Waals surface area contributed by atoms with Gasteiger partial charge in [-0.1, -0.05) is 41.5 Å². The Morgan fingerprint density at radius 1 is 1.12 bits per heavy atom. The second-order valence-corrected chi connectivity index (χ2v) is 8.55. The van der Waals surface area contributed by atoms with Crippen molar-refractivity contribution in [1.82, 2.24) is 0 Å². The Kier molecular flexibility index (Phi) is 18.3. The molecule has 0 spiro atoms. The summed E-state index contributed by atoms with van der Waals surface area (Å²) in [6.45, 7) is 9.07. The first-order valence-electron chi connectivity index (χ1n) is 5.60. The minimum absolute atomic E-state index is 0.176. The van der Waals surface area contributed by atoms with E-state index in [4.69, 9.17) is 15.0 Å². The summed E-state index contributed by atoms with van der Waals surface area (Å²) in [5.41, 5.74) is 0. The number of hydrogen-bond donors (Lipinski definition) is 2. The molecular weight excluding hydrogens is 257 g/mol. The van der Waals surface area contributed by atoms with Gasteiger partial charge in [-0.3, -0.25) is 0 Å². The van der Waals surface area contributed by atoms with Crippen LogP contribution in [-0.4, -0.2) is 15.5 Å². The van der Waals surface area contributed by atoms with E-state index >= 15 is 0 Å². The van der Waals surface area contributed by atoms with Gasteiger partial charge in [0.25, 0.3) is 0 Å². The van der Waals surface area contributed by atoms with Crippen molar-refractivity contribution < 1.29 is 14.4 Å². The van der Waals surface area contributed by atoms with Crippen LogP contribution < -0.4 is 0 Å². The molecule has 0 unspecified atom stereocenters. The van der Waals surface area contributed by atoms with Crippen LogP contribution in [0.3, 0.4) is 0 Å². The van der Waals surface area contributed by atoms with Crippen molar-refractivity contribution in [3.8, 4) is 6.07 Å². The number of nitrogens with zero attached hydrogens (tertiary/aromatic N) is 1. The molecule has 0 aromatic carbocycles. The van der Waals surface area contributed by atoms with Crippen molar-refractivity contribution in [2.45, 2.75) is 48.0 Å². The van der Waals surface area contributed by atoms with Gasteiger partial charge in [0.05, 0.1) is 6.07 Å². The van der Waals surface area contributed by atoms with E-state index < -0.39 is 6.80 Å². The lowest BCUT2D eigenvalue weighted by Crippen LogP contribution is -1.75. The number of nitriles is 1. The fraction of sp³-hybridized carbons (Fsp3) is 0.909. The first-order chi connectivity index (χ1) is 7.52. The van der Waals surface area contributed by atoms with Crippen molar-refractivity contribution in [3.63, 3.8) is 0 Å². The summed E-state index contributed by atoms with van der Waals surface area (Å²) in [5.74, 6) is 1.86. The molecule has 0 heterocycles. The molecule has 0 rings (SSSR count). The molecule has 104 valence electrons. The van der Waals surface area contributed by atoms with Gasteiger partial charge in [-0.2, -0.15) is 5.26 Å². The third kappa shape index (κ3) is 87.2. The highest BCUT2D eigenvalue weighted by molar-refractivity contribution is 8.54. The van der Waals surface area contributed by atoms with Gasteiger partial charge in [-0.05, 0) is 23.2 Å². The van der Waals surface area contributed by atoms with Crippen molar-refractivity contribution >= 4 is 18.2 Å². The zero-order valence-corrected chi connectivity index (χ0v) is 13.4. The van der Waals surface area contributed by atoms with Gasteiger partial charge < -0.3 is 9.79 Å². The molecule has 6 heteroatoms. The molecule has 0 fully saturated rings. The molecule has 0 atom stereocenters. The van der Waals surface area contributed by atoms with E-state index in [1.54, 1.807) is 6.07 Å². The molecule has 0 saturated heterocycles. The molecule has 4 nitrogen and oxygen atoms in total. The Hall–Kier alpha value is -0.0100. The number of rotatable bonds is 3. The van der Waals surface area contributed by atoms with Gasteiger partial charge in [0.1, 0.15) is 0 Å². The summed E-state index contributed by atoms with van der Waals surface area (Å²) in [6.07, 6.45) is 0.176. The Morgan fingerprint density at radius 2 is 1.41 bits per heavy atom. The molecule has 0 aliphatic rings. The monoisotopic (exact) mass is 283 g/mol. The minimum Gasteiger partial charge on any atom is -0.317 e. The molecule has 17 heavy (non-hydrogen) atoms. The molecule has 0 aliphatic carbocycles. The van der Waals surface area contributed by atoms with Gasteiger partial charge in [-0.15, -0.1) is 0 Å². The third-order valence-corrected chi connectivity index (χ3v) is 2.75. The van der Waals surface area contributed by atoms with E-state index in [1.165, 1.54) is 0 Å². The second-order valence-electron chi connectivity index (χ2n) is 4.70. The van der Waals surface area contributed by atoms with Crippen molar-refractivity contribution in [1.29, 1.82) is 5.26 Å². The maximum absolute atomic E-state index is 10.1. The van der Waals surface area contributed by atoms with Crippen LogP contribution in [0.1, 0.15) is 48.0 Å². The molecule has 0 aromatic heterocycles. The topological polar surface area (TPSA) is 81.3 Å². The highest BCUT2D eigenvalue weighted by atomic mass is 32.7. The van der Waals surface area contributed by atoms with Gasteiger partial charge in [0.15, 0.2) is 0 Å². The third-order valence-electron chi connectivity index (χ3n) is 0.473. The van der Waals surface area contributed by atoms with Crippen LogP contribution in [0.15, 0.2) is 0 Å². The molecule has 0 aromatic rings. The van der Waals surface area contributed by atoms with Gasteiger partial charge >= 0.3 is 6.80 Å². The molecule has 2 N–H and O–H groups in total. The molecule has 0 bridgehead atoms. The number of hydrogen-bond acceptors (Lipinski definition) is 3. The van der Waals surface area contributed by atoms with E-state index in [1.807, 2.05) is 0 Å². The Balaban J connectivity index is -0.000000205. The second kappa shape index (κ2) is 14.1. The van der Waals surface area contributed by atoms with Crippen LogP contribution in [0.4, 0.5) is 0 Å². The summed E-state index contributed by atoms with van der Waals surface area (Å²) in [4.78, 5) is 16.4. The zero-order chi connectivity index (χ0) is 14.5. The molecule has 0 saturated carbocycles. The van der Waals surface area contributed by atoms with Crippen molar-refractivity contribution in [2.75, 3.05) is 5.75 Å². The normalized spacial score (nSPS) is 9.94. The van der Waals surface area contributed by atoms with E-state index in [0.29, 0.717) is 11.4 Å². The van der Waals surface area contributed by atoms with E-state index in [-0.39, 0.29) is 12.2 Å². The smallest absolute Gasteiger partial charge is 0.317 e. The van der Waals surface area contributed by atoms with Crippen LogP contribution in [0, 0.1) is 23.2 Å². The zero-order valence-electron chi connectivity index (χ0n) is 11.7. The van der Waals surface area contributed by atoms with Crippen molar-refractivity contribution in [2.24, 2.45) is 11.8 Å². The lowest BCUT2D eigenvalue weighted by molar-refractivity contribution is 0.397. The van der Waals surface area contributed by atoms with Crippen LogP contribution in [-0.2, 0) is 4.57 Å². The maximum Gasteiger partial charge on any atom is 0.384 e. The molecular formula is C11H26NO3PS. The van der Waals surface area contributed by atoms with E-state index in [0.717, 1.165) is 11.8 Å². The van der Waals surface area contributed by atoms with Crippen molar-refractivity contribution in [3.05, 3.63) is 0 Å². The predicted molar refractivity (Wildman–Crippen MR) is 75.8 cm³/mol. The summed E-state index contributed by atoms with van der Waals surface area (Å²) >= 11 is 0.502.